The molecular formula is C19H18Cl2N2. The predicted molar refractivity (Wildman–Crippen MR) is 97.8 cm³/mol. The van der Waals surface area contributed by atoms with Crippen LogP contribution in [0, 0.1) is 13.8 Å². The van der Waals surface area contributed by atoms with Crippen LogP contribution in [0.2, 0.25) is 10.0 Å². The molecule has 2 heterocycles. The van der Waals surface area contributed by atoms with E-state index in [2.05, 4.69) is 36.3 Å². The molecule has 0 bridgehead atoms. The summed E-state index contributed by atoms with van der Waals surface area (Å²) >= 11 is 12.6. The van der Waals surface area contributed by atoms with Gasteiger partial charge in [0.05, 0.1) is 6.04 Å². The van der Waals surface area contributed by atoms with Crippen molar-refractivity contribution >= 4 is 34.1 Å². The molecule has 2 aromatic carbocycles. The molecule has 23 heavy (non-hydrogen) atoms. The lowest BCUT2D eigenvalue weighted by Crippen LogP contribution is -2.30. The fourth-order valence-corrected chi connectivity index (χ4v) is 4.09. The van der Waals surface area contributed by atoms with E-state index in [1.165, 1.54) is 33.3 Å². The molecule has 4 heteroatoms. The molecule has 1 aliphatic heterocycles. The van der Waals surface area contributed by atoms with Crippen molar-refractivity contribution in [1.82, 2.24) is 10.3 Å². The molecule has 1 atom stereocenters. The van der Waals surface area contributed by atoms with E-state index >= 15 is 0 Å². The zero-order chi connectivity index (χ0) is 16.1. The smallest absolute Gasteiger partial charge is 0.0747 e. The Kier molecular flexibility index (Phi) is 3.64. The van der Waals surface area contributed by atoms with Crippen LogP contribution in [0.4, 0.5) is 0 Å². The van der Waals surface area contributed by atoms with E-state index < -0.39 is 0 Å². The van der Waals surface area contributed by atoms with Gasteiger partial charge in [-0.2, -0.15) is 0 Å². The van der Waals surface area contributed by atoms with Gasteiger partial charge in [0, 0.05) is 33.2 Å². The van der Waals surface area contributed by atoms with E-state index in [1.54, 1.807) is 0 Å². The third-order valence-electron chi connectivity index (χ3n) is 4.67. The molecule has 0 fully saturated rings. The molecule has 1 aliphatic rings. The topological polar surface area (TPSA) is 27.8 Å². The summed E-state index contributed by atoms with van der Waals surface area (Å²) in [5.41, 5.74) is 7.45. The standard InChI is InChI=1S/C19H18Cl2N2/c1-10-7-11(2)17-14(8-10)13-5-6-22-18(19(13)23-17)15-9-12(20)3-4-16(15)21/h3-4,7-9,18,22-23H,5-6H2,1-2H3. The summed E-state index contributed by atoms with van der Waals surface area (Å²) in [5.74, 6) is 0. The molecular weight excluding hydrogens is 327 g/mol. The molecule has 118 valence electrons. The monoisotopic (exact) mass is 344 g/mol. The molecule has 0 saturated heterocycles. The minimum atomic E-state index is 0.0528. The molecule has 3 aromatic rings. The van der Waals surface area contributed by atoms with E-state index in [9.17, 15) is 0 Å². The van der Waals surface area contributed by atoms with Crippen molar-refractivity contribution in [2.24, 2.45) is 0 Å². The highest BCUT2D eigenvalue weighted by atomic mass is 35.5. The second kappa shape index (κ2) is 5.55. The Bertz CT molecular complexity index is 911. The summed E-state index contributed by atoms with van der Waals surface area (Å²) < 4.78 is 0. The molecule has 2 nitrogen and oxygen atoms in total. The zero-order valence-corrected chi connectivity index (χ0v) is 14.6. The highest BCUT2D eigenvalue weighted by Crippen LogP contribution is 2.38. The number of aryl methyl sites for hydroxylation is 2. The first-order chi connectivity index (χ1) is 11.0. The van der Waals surface area contributed by atoms with Gasteiger partial charge in [-0.1, -0.05) is 34.8 Å². The van der Waals surface area contributed by atoms with Crippen molar-refractivity contribution < 1.29 is 0 Å². The molecule has 0 amide bonds. The van der Waals surface area contributed by atoms with E-state index in [0.29, 0.717) is 5.02 Å². The Morgan fingerprint density at radius 1 is 1.09 bits per heavy atom. The third kappa shape index (κ3) is 2.46. The van der Waals surface area contributed by atoms with Crippen LogP contribution in [0.1, 0.15) is 34.0 Å². The fraction of sp³-hybridized carbons (Fsp3) is 0.263. The number of hydrogen-bond donors (Lipinski definition) is 2. The van der Waals surface area contributed by atoms with Gasteiger partial charge in [0.15, 0.2) is 0 Å². The van der Waals surface area contributed by atoms with Gasteiger partial charge in [-0.05, 0) is 61.2 Å². The number of aromatic nitrogens is 1. The first kappa shape index (κ1) is 15.1. The Hall–Kier alpha value is -1.48. The van der Waals surface area contributed by atoms with Crippen molar-refractivity contribution in [3.8, 4) is 0 Å². The number of aromatic amines is 1. The van der Waals surface area contributed by atoms with Crippen LogP contribution in [0.3, 0.4) is 0 Å². The van der Waals surface area contributed by atoms with Crippen LogP contribution in [0.25, 0.3) is 10.9 Å². The van der Waals surface area contributed by atoms with E-state index in [-0.39, 0.29) is 6.04 Å². The lowest BCUT2D eigenvalue weighted by atomic mass is 9.93. The molecule has 0 spiro atoms. The first-order valence-corrected chi connectivity index (χ1v) is 8.60. The van der Waals surface area contributed by atoms with Crippen molar-refractivity contribution in [3.05, 3.63) is 68.3 Å². The number of fused-ring (bicyclic) bond motifs is 3. The van der Waals surface area contributed by atoms with Gasteiger partial charge in [0.25, 0.3) is 0 Å². The average Bonchev–Trinajstić information content (AvgIpc) is 2.89. The maximum atomic E-state index is 6.44. The van der Waals surface area contributed by atoms with E-state index in [1.807, 2.05) is 18.2 Å². The highest BCUT2D eigenvalue weighted by molar-refractivity contribution is 6.33. The summed E-state index contributed by atoms with van der Waals surface area (Å²) in [6, 6.07) is 10.2. The van der Waals surface area contributed by atoms with Gasteiger partial charge in [-0.3, -0.25) is 0 Å². The Morgan fingerprint density at radius 2 is 1.91 bits per heavy atom. The first-order valence-electron chi connectivity index (χ1n) is 7.84. The van der Waals surface area contributed by atoms with E-state index in [4.69, 9.17) is 23.2 Å². The number of halogens is 2. The predicted octanol–water partition coefficient (Wildman–Crippen LogP) is 5.33. The maximum absolute atomic E-state index is 6.44. The van der Waals surface area contributed by atoms with Crippen molar-refractivity contribution in [2.75, 3.05) is 6.54 Å². The van der Waals surface area contributed by atoms with Crippen LogP contribution in [0.5, 0.6) is 0 Å². The Labute approximate surface area is 145 Å². The lowest BCUT2D eigenvalue weighted by Gasteiger charge is -2.25. The van der Waals surface area contributed by atoms with Gasteiger partial charge >= 0.3 is 0 Å². The minimum Gasteiger partial charge on any atom is -0.356 e. The Morgan fingerprint density at radius 3 is 2.74 bits per heavy atom. The third-order valence-corrected chi connectivity index (χ3v) is 5.25. The number of rotatable bonds is 1. The molecule has 4 rings (SSSR count). The highest BCUT2D eigenvalue weighted by Gasteiger charge is 2.27. The molecule has 0 saturated carbocycles. The Balaban J connectivity index is 1.95. The SMILES string of the molecule is Cc1cc(C)c2[nH]c3c(c2c1)CCNC3c1cc(Cl)ccc1Cl. The van der Waals surface area contributed by atoms with Crippen LogP contribution < -0.4 is 5.32 Å². The molecule has 0 aliphatic carbocycles. The van der Waals surface area contributed by atoms with Gasteiger partial charge in [-0.15, -0.1) is 0 Å². The second-order valence-electron chi connectivity index (χ2n) is 6.32. The normalized spacial score (nSPS) is 17.5. The summed E-state index contributed by atoms with van der Waals surface area (Å²) in [6.45, 7) is 5.24. The molecule has 1 unspecified atom stereocenters. The van der Waals surface area contributed by atoms with Gasteiger partial charge in [0.2, 0.25) is 0 Å². The van der Waals surface area contributed by atoms with E-state index in [0.717, 1.165) is 23.6 Å². The van der Waals surface area contributed by atoms with Crippen molar-refractivity contribution in [3.63, 3.8) is 0 Å². The largest absolute Gasteiger partial charge is 0.356 e. The summed E-state index contributed by atoms with van der Waals surface area (Å²) in [6.07, 6.45) is 1.02. The summed E-state index contributed by atoms with van der Waals surface area (Å²) in [5, 5.41) is 6.37. The van der Waals surface area contributed by atoms with Crippen LogP contribution in [-0.2, 0) is 6.42 Å². The zero-order valence-electron chi connectivity index (χ0n) is 13.1. The van der Waals surface area contributed by atoms with Gasteiger partial charge in [0.1, 0.15) is 0 Å². The number of H-pyrrole nitrogens is 1. The van der Waals surface area contributed by atoms with Gasteiger partial charge < -0.3 is 10.3 Å². The maximum Gasteiger partial charge on any atom is 0.0747 e. The van der Waals surface area contributed by atoms with Crippen molar-refractivity contribution in [1.29, 1.82) is 0 Å². The van der Waals surface area contributed by atoms with Gasteiger partial charge in [-0.25, -0.2) is 0 Å². The number of hydrogen-bond acceptors (Lipinski definition) is 1. The summed E-state index contributed by atoms with van der Waals surface area (Å²) in [7, 11) is 0. The quantitative estimate of drug-likeness (QED) is 0.613. The van der Waals surface area contributed by atoms with Crippen molar-refractivity contribution in [2.45, 2.75) is 26.3 Å². The minimum absolute atomic E-state index is 0.0528. The molecule has 2 N–H and O–H groups in total. The van der Waals surface area contributed by atoms with Crippen LogP contribution in [0.15, 0.2) is 30.3 Å². The molecule has 0 radical (unpaired) electrons. The fourth-order valence-electron chi connectivity index (χ4n) is 3.69. The second-order valence-corrected chi connectivity index (χ2v) is 7.17. The van der Waals surface area contributed by atoms with Crippen LogP contribution >= 0.6 is 23.2 Å². The number of nitrogens with one attached hydrogen (secondary N) is 2. The average molecular weight is 345 g/mol. The number of benzene rings is 2. The van der Waals surface area contributed by atoms with Crippen LogP contribution in [-0.4, -0.2) is 11.5 Å². The summed E-state index contributed by atoms with van der Waals surface area (Å²) in [4.78, 5) is 3.64. The lowest BCUT2D eigenvalue weighted by molar-refractivity contribution is 0.560. The molecule has 1 aromatic heterocycles.